The van der Waals surface area contributed by atoms with Crippen LogP contribution in [0.4, 0.5) is 0 Å². The number of benzene rings is 1. The second-order valence-electron chi connectivity index (χ2n) is 4.34. The molecule has 0 bridgehead atoms. The number of carbonyl (C=O) groups excluding carboxylic acids is 2. The second-order valence-corrected chi connectivity index (χ2v) is 4.34. The van der Waals surface area contributed by atoms with E-state index in [1.165, 1.54) is 13.8 Å². The van der Waals surface area contributed by atoms with Crippen LogP contribution in [0.25, 0.3) is 6.08 Å². The Kier molecular flexibility index (Phi) is 4.48. The van der Waals surface area contributed by atoms with Gasteiger partial charge in [0, 0.05) is 19.4 Å². The summed E-state index contributed by atoms with van der Waals surface area (Å²) in [4.78, 5) is 22.4. The molecule has 1 rings (SSSR count). The van der Waals surface area contributed by atoms with Gasteiger partial charge >= 0.3 is 11.9 Å². The van der Waals surface area contributed by atoms with Crippen LogP contribution < -0.4 is 9.47 Å². The van der Waals surface area contributed by atoms with Crippen molar-refractivity contribution in [3.05, 3.63) is 28.8 Å². The molecule has 0 aliphatic heterocycles. The van der Waals surface area contributed by atoms with E-state index in [-0.39, 0.29) is 0 Å². The zero-order valence-corrected chi connectivity index (χ0v) is 11.9. The van der Waals surface area contributed by atoms with E-state index in [0.717, 1.165) is 16.7 Å². The van der Waals surface area contributed by atoms with Gasteiger partial charge in [0.1, 0.15) is 11.5 Å². The largest absolute Gasteiger partial charge is 0.426 e. The van der Waals surface area contributed by atoms with Crippen LogP contribution in [0.1, 0.15) is 36.1 Å². The highest BCUT2D eigenvalue weighted by atomic mass is 16.5. The minimum Gasteiger partial charge on any atom is -0.426 e. The Morgan fingerprint density at radius 1 is 0.895 bits per heavy atom. The second kappa shape index (κ2) is 5.69. The monoisotopic (exact) mass is 262 g/mol. The molecule has 0 spiro atoms. The molecule has 1 aromatic rings. The standard InChI is InChI=1S/C15H18O4/c1-7-13-8(2)14(18-11(5)16)10(4)15(9(13)3)19-12(6)17/h7H,1H2,2-6H3. The summed E-state index contributed by atoms with van der Waals surface area (Å²) in [5.41, 5.74) is 3.04. The van der Waals surface area contributed by atoms with Gasteiger partial charge in [-0.1, -0.05) is 12.7 Å². The molecule has 0 heterocycles. The Morgan fingerprint density at radius 3 is 1.53 bits per heavy atom. The maximum Gasteiger partial charge on any atom is 0.308 e. The highest BCUT2D eigenvalue weighted by Gasteiger charge is 2.20. The lowest BCUT2D eigenvalue weighted by Gasteiger charge is -2.18. The maximum atomic E-state index is 11.2. The third kappa shape index (κ3) is 3.02. The summed E-state index contributed by atoms with van der Waals surface area (Å²) in [7, 11) is 0. The Balaban J connectivity index is 3.59. The van der Waals surface area contributed by atoms with Crippen LogP contribution in [-0.4, -0.2) is 11.9 Å². The molecular formula is C15H18O4. The van der Waals surface area contributed by atoms with E-state index in [9.17, 15) is 9.59 Å². The van der Waals surface area contributed by atoms with Crippen molar-refractivity contribution in [3.8, 4) is 11.5 Å². The number of ether oxygens (including phenoxy) is 2. The van der Waals surface area contributed by atoms with Crippen LogP contribution in [0.3, 0.4) is 0 Å². The molecule has 0 aliphatic rings. The quantitative estimate of drug-likeness (QED) is 0.620. The molecule has 0 saturated carbocycles. The van der Waals surface area contributed by atoms with E-state index >= 15 is 0 Å². The highest BCUT2D eigenvalue weighted by molar-refractivity contribution is 5.77. The van der Waals surface area contributed by atoms with Crippen molar-refractivity contribution in [2.45, 2.75) is 34.6 Å². The van der Waals surface area contributed by atoms with Crippen molar-refractivity contribution in [1.82, 2.24) is 0 Å². The molecule has 0 fully saturated rings. The predicted octanol–water partition coefficient (Wildman–Crippen LogP) is 3.11. The molecule has 4 heteroatoms. The lowest BCUT2D eigenvalue weighted by atomic mass is 9.97. The Bertz CT molecular complexity index is 513. The maximum absolute atomic E-state index is 11.2. The summed E-state index contributed by atoms with van der Waals surface area (Å²) >= 11 is 0. The van der Waals surface area contributed by atoms with Crippen LogP contribution in [0.15, 0.2) is 6.58 Å². The summed E-state index contributed by atoms with van der Waals surface area (Å²) < 4.78 is 10.4. The fraction of sp³-hybridized carbons (Fsp3) is 0.333. The van der Waals surface area contributed by atoms with E-state index in [4.69, 9.17) is 9.47 Å². The van der Waals surface area contributed by atoms with E-state index < -0.39 is 11.9 Å². The SMILES string of the molecule is C=Cc1c(C)c(OC(C)=O)c(C)c(OC(C)=O)c1C. The van der Waals surface area contributed by atoms with Gasteiger partial charge in [0.15, 0.2) is 0 Å². The van der Waals surface area contributed by atoms with Crippen LogP contribution in [-0.2, 0) is 9.59 Å². The average Bonchev–Trinajstić information content (AvgIpc) is 2.30. The Labute approximate surface area is 113 Å². The van der Waals surface area contributed by atoms with Crippen LogP contribution >= 0.6 is 0 Å². The molecule has 0 saturated heterocycles. The molecule has 1 aromatic carbocycles. The molecule has 19 heavy (non-hydrogen) atoms. The first-order valence-corrected chi connectivity index (χ1v) is 5.92. The third-order valence-corrected chi connectivity index (χ3v) is 2.87. The number of hydrogen-bond acceptors (Lipinski definition) is 4. The van der Waals surface area contributed by atoms with Crippen molar-refractivity contribution in [1.29, 1.82) is 0 Å². The number of hydrogen-bond donors (Lipinski definition) is 0. The van der Waals surface area contributed by atoms with E-state index in [0.29, 0.717) is 17.1 Å². The van der Waals surface area contributed by atoms with Gasteiger partial charge in [-0.3, -0.25) is 9.59 Å². The zero-order chi connectivity index (χ0) is 14.7. The van der Waals surface area contributed by atoms with Gasteiger partial charge in [0.05, 0.1) is 0 Å². The summed E-state index contributed by atoms with van der Waals surface area (Å²) in [5.74, 6) is 0.00572. The topological polar surface area (TPSA) is 52.6 Å². The van der Waals surface area contributed by atoms with Gasteiger partial charge in [-0.15, -0.1) is 0 Å². The average molecular weight is 262 g/mol. The Morgan fingerprint density at radius 2 is 1.26 bits per heavy atom. The number of rotatable bonds is 3. The molecule has 4 nitrogen and oxygen atoms in total. The molecule has 0 unspecified atom stereocenters. The fourth-order valence-corrected chi connectivity index (χ4v) is 2.09. The van der Waals surface area contributed by atoms with Gasteiger partial charge in [0.2, 0.25) is 0 Å². The van der Waals surface area contributed by atoms with Gasteiger partial charge in [-0.2, -0.15) is 0 Å². The molecule has 0 N–H and O–H groups in total. The smallest absolute Gasteiger partial charge is 0.308 e. The molecule has 0 atom stereocenters. The van der Waals surface area contributed by atoms with Gasteiger partial charge < -0.3 is 9.47 Å². The molecule has 0 aromatic heterocycles. The van der Waals surface area contributed by atoms with E-state index in [1.54, 1.807) is 13.0 Å². The van der Waals surface area contributed by atoms with Crippen molar-refractivity contribution < 1.29 is 19.1 Å². The molecule has 102 valence electrons. The summed E-state index contributed by atoms with van der Waals surface area (Å²) in [6.45, 7) is 11.8. The van der Waals surface area contributed by atoms with Crippen molar-refractivity contribution in [2.24, 2.45) is 0 Å². The number of esters is 2. The van der Waals surface area contributed by atoms with Gasteiger partial charge in [-0.25, -0.2) is 0 Å². The van der Waals surface area contributed by atoms with E-state index in [1.807, 2.05) is 13.8 Å². The number of carbonyl (C=O) groups is 2. The molecular weight excluding hydrogens is 244 g/mol. The zero-order valence-electron chi connectivity index (χ0n) is 11.9. The molecule has 0 radical (unpaired) electrons. The Hall–Kier alpha value is -2.10. The van der Waals surface area contributed by atoms with Gasteiger partial charge in [0.25, 0.3) is 0 Å². The van der Waals surface area contributed by atoms with Crippen molar-refractivity contribution in [3.63, 3.8) is 0 Å². The highest BCUT2D eigenvalue weighted by Crippen LogP contribution is 2.38. The van der Waals surface area contributed by atoms with Crippen LogP contribution in [0.5, 0.6) is 11.5 Å². The van der Waals surface area contributed by atoms with E-state index in [2.05, 4.69) is 6.58 Å². The first-order valence-electron chi connectivity index (χ1n) is 5.92. The summed E-state index contributed by atoms with van der Waals surface area (Å²) in [5, 5.41) is 0. The van der Waals surface area contributed by atoms with Crippen molar-refractivity contribution in [2.75, 3.05) is 0 Å². The van der Waals surface area contributed by atoms with Gasteiger partial charge in [-0.05, 0) is 37.5 Å². The lowest BCUT2D eigenvalue weighted by molar-refractivity contribution is -0.132. The first kappa shape index (κ1) is 15.0. The minimum atomic E-state index is -0.418. The lowest BCUT2D eigenvalue weighted by Crippen LogP contribution is -2.10. The van der Waals surface area contributed by atoms with Crippen LogP contribution in [0, 0.1) is 20.8 Å². The molecule has 0 amide bonds. The van der Waals surface area contributed by atoms with Crippen molar-refractivity contribution >= 4 is 18.0 Å². The normalized spacial score (nSPS) is 9.95. The fourth-order valence-electron chi connectivity index (χ4n) is 2.09. The minimum absolute atomic E-state index is 0.418. The molecule has 0 aliphatic carbocycles. The first-order chi connectivity index (χ1) is 8.79. The summed E-state index contributed by atoms with van der Waals surface area (Å²) in [6.07, 6.45) is 1.66. The summed E-state index contributed by atoms with van der Waals surface area (Å²) in [6, 6.07) is 0. The predicted molar refractivity (Wildman–Crippen MR) is 73.4 cm³/mol. The third-order valence-electron chi connectivity index (χ3n) is 2.87. The van der Waals surface area contributed by atoms with Crippen LogP contribution in [0.2, 0.25) is 0 Å².